The molecule has 2 aromatic carbocycles. The minimum absolute atomic E-state index is 0.0471. The average molecular weight is 588 g/mol. The number of halogens is 3. The van der Waals surface area contributed by atoms with Gasteiger partial charge in [0.1, 0.15) is 12.2 Å². The maximum Gasteiger partial charge on any atom is 0.490 e. The Morgan fingerprint density at radius 2 is 1.60 bits per heavy atom. The van der Waals surface area contributed by atoms with Gasteiger partial charge in [-0.1, -0.05) is 44.2 Å². The molecule has 0 aliphatic heterocycles. The van der Waals surface area contributed by atoms with E-state index in [1.54, 1.807) is 4.57 Å². The lowest BCUT2D eigenvalue weighted by atomic mass is 10.0. The van der Waals surface area contributed by atoms with Gasteiger partial charge >= 0.3 is 12.1 Å². The molecular weight excluding hydrogens is 551 g/mol. The molecule has 226 valence electrons. The number of hydrogen-bond donors (Lipinski definition) is 2. The van der Waals surface area contributed by atoms with Crippen LogP contribution in [0.4, 0.5) is 13.2 Å². The zero-order chi connectivity index (χ0) is 31.2. The zero-order valence-electron chi connectivity index (χ0n) is 24.1. The van der Waals surface area contributed by atoms with Crippen molar-refractivity contribution in [1.82, 2.24) is 19.0 Å². The molecule has 9 nitrogen and oxygen atoms in total. The predicted molar refractivity (Wildman–Crippen MR) is 156 cm³/mol. The molecule has 0 aliphatic carbocycles. The number of alkyl halides is 3. The number of amides is 1. The Morgan fingerprint density at radius 1 is 1.02 bits per heavy atom. The van der Waals surface area contributed by atoms with Crippen LogP contribution in [0.3, 0.4) is 0 Å². The maximum absolute atomic E-state index is 13.8. The second-order valence-corrected chi connectivity index (χ2v) is 10.3. The summed E-state index contributed by atoms with van der Waals surface area (Å²) < 4.78 is 35.4. The van der Waals surface area contributed by atoms with E-state index in [0.717, 1.165) is 33.9 Å². The lowest BCUT2D eigenvalue weighted by Crippen LogP contribution is -2.34. The summed E-state index contributed by atoms with van der Waals surface area (Å²) in [6, 6.07) is 15.4. The molecule has 4 aromatic rings. The van der Waals surface area contributed by atoms with E-state index in [4.69, 9.17) is 20.6 Å². The van der Waals surface area contributed by atoms with Crippen molar-refractivity contribution in [1.29, 1.82) is 0 Å². The van der Waals surface area contributed by atoms with E-state index in [9.17, 15) is 22.8 Å². The fraction of sp³-hybridized carbons (Fsp3) is 0.400. The Balaban J connectivity index is 0.000000616. The van der Waals surface area contributed by atoms with Gasteiger partial charge in [-0.3, -0.25) is 9.59 Å². The molecule has 0 spiro atoms. The summed E-state index contributed by atoms with van der Waals surface area (Å²) in [5, 5.41) is 8.03. The van der Waals surface area contributed by atoms with E-state index in [2.05, 4.69) is 13.8 Å². The molecule has 0 radical (unpaired) electrons. The van der Waals surface area contributed by atoms with Gasteiger partial charge in [-0.25, -0.2) is 9.78 Å². The minimum Gasteiger partial charge on any atom is -0.475 e. The molecule has 42 heavy (non-hydrogen) atoms. The number of nitrogens with zero attached hydrogens (tertiary/aromatic N) is 4. The lowest BCUT2D eigenvalue weighted by molar-refractivity contribution is -0.192. The number of aliphatic carboxylic acids is 1. The molecule has 2 aromatic heterocycles. The molecule has 1 unspecified atom stereocenters. The number of carbonyl (C=O) groups is 2. The molecule has 0 saturated heterocycles. The SMILES string of the molecule is CCN(CC)C(=O)Cn1cc(-c2nc3ccccc3n(CC(N)CC(C)C)c2=O)c2ccccc21.O=C(O)C(F)(F)F. The highest BCUT2D eigenvalue weighted by Crippen LogP contribution is 2.29. The van der Waals surface area contributed by atoms with Crippen molar-refractivity contribution >= 4 is 33.8 Å². The number of carbonyl (C=O) groups excluding carboxylic acids is 1. The highest BCUT2D eigenvalue weighted by atomic mass is 19.4. The Hall–Kier alpha value is -4.19. The van der Waals surface area contributed by atoms with Gasteiger partial charge in [0.25, 0.3) is 5.56 Å². The average Bonchev–Trinajstić information content (AvgIpc) is 3.28. The quantitative estimate of drug-likeness (QED) is 0.287. The number of rotatable bonds is 9. The second-order valence-electron chi connectivity index (χ2n) is 10.3. The Labute approximate surface area is 241 Å². The number of fused-ring (bicyclic) bond motifs is 2. The van der Waals surface area contributed by atoms with Crippen molar-refractivity contribution in [2.45, 2.75) is 59.4 Å². The van der Waals surface area contributed by atoms with Crippen LogP contribution in [0.2, 0.25) is 0 Å². The van der Waals surface area contributed by atoms with Gasteiger partial charge in [0, 0.05) is 48.3 Å². The normalized spacial score (nSPS) is 12.3. The summed E-state index contributed by atoms with van der Waals surface area (Å²) in [5.74, 6) is -2.27. The van der Waals surface area contributed by atoms with Crippen LogP contribution < -0.4 is 11.3 Å². The largest absolute Gasteiger partial charge is 0.490 e. The summed E-state index contributed by atoms with van der Waals surface area (Å²) in [5.41, 5.74) is 9.81. The molecule has 0 bridgehead atoms. The first-order valence-corrected chi connectivity index (χ1v) is 13.7. The van der Waals surface area contributed by atoms with Gasteiger partial charge in [0.05, 0.1) is 11.0 Å². The van der Waals surface area contributed by atoms with Crippen molar-refractivity contribution in [3.05, 3.63) is 65.1 Å². The molecule has 4 rings (SSSR count). The summed E-state index contributed by atoms with van der Waals surface area (Å²) in [6.45, 7) is 10.2. The zero-order valence-corrected chi connectivity index (χ0v) is 24.1. The highest BCUT2D eigenvalue weighted by Gasteiger charge is 2.38. The first-order chi connectivity index (χ1) is 19.8. The van der Waals surface area contributed by atoms with Crippen molar-refractivity contribution < 1.29 is 27.9 Å². The summed E-state index contributed by atoms with van der Waals surface area (Å²) >= 11 is 0. The van der Waals surface area contributed by atoms with E-state index in [-0.39, 0.29) is 24.1 Å². The molecule has 0 saturated carbocycles. The Bertz CT molecular complexity index is 1610. The van der Waals surface area contributed by atoms with Gasteiger partial charge in [-0.2, -0.15) is 13.2 Å². The number of nitrogens with two attached hydrogens (primary N) is 1. The van der Waals surface area contributed by atoms with Crippen LogP contribution in [0.15, 0.2) is 59.5 Å². The third-order valence-corrected chi connectivity index (χ3v) is 6.75. The topological polar surface area (TPSA) is 123 Å². The smallest absolute Gasteiger partial charge is 0.475 e. The first kappa shape index (κ1) is 32.3. The first-order valence-electron chi connectivity index (χ1n) is 13.7. The number of aromatic nitrogens is 3. The molecule has 1 atom stereocenters. The van der Waals surface area contributed by atoms with E-state index >= 15 is 0 Å². The number of likely N-dealkylation sites (N-methyl/N-ethyl adjacent to an activating group) is 1. The van der Waals surface area contributed by atoms with E-state index in [1.807, 2.05) is 78.0 Å². The van der Waals surface area contributed by atoms with Crippen molar-refractivity contribution in [2.24, 2.45) is 11.7 Å². The van der Waals surface area contributed by atoms with Crippen LogP contribution in [0, 0.1) is 5.92 Å². The summed E-state index contributed by atoms with van der Waals surface area (Å²) in [7, 11) is 0. The molecule has 1 amide bonds. The second kappa shape index (κ2) is 13.6. The monoisotopic (exact) mass is 587 g/mol. The fourth-order valence-electron chi connectivity index (χ4n) is 4.85. The van der Waals surface area contributed by atoms with Crippen LogP contribution in [-0.4, -0.2) is 61.3 Å². The predicted octanol–water partition coefficient (Wildman–Crippen LogP) is 4.89. The number of para-hydroxylation sites is 3. The number of carboxylic acid groups (broad SMARTS) is 1. The molecule has 2 heterocycles. The van der Waals surface area contributed by atoms with Crippen molar-refractivity contribution in [3.63, 3.8) is 0 Å². The van der Waals surface area contributed by atoms with E-state index < -0.39 is 12.1 Å². The van der Waals surface area contributed by atoms with Gasteiger partial charge in [0.2, 0.25) is 5.91 Å². The Morgan fingerprint density at radius 3 is 2.17 bits per heavy atom. The van der Waals surface area contributed by atoms with Crippen LogP contribution in [0.25, 0.3) is 33.2 Å². The molecule has 3 N–H and O–H groups in total. The van der Waals surface area contributed by atoms with Crippen LogP contribution in [-0.2, 0) is 22.7 Å². The minimum atomic E-state index is -5.08. The Kier molecular flexibility index (Phi) is 10.5. The summed E-state index contributed by atoms with van der Waals surface area (Å²) in [6.07, 6.45) is -2.37. The van der Waals surface area contributed by atoms with Crippen molar-refractivity contribution in [2.75, 3.05) is 13.1 Å². The van der Waals surface area contributed by atoms with Crippen LogP contribution >= 0.6 is 0 Å². The number of benzene rings is 2. The number of carboxylic acids is 1. The van der Waals surface area contributed by atoms with Gasteiger partial charge < -0.3 is 24.9 Å². The maximum atomic E-state index is 13.8. The third-order valence-electron chi connectivity index (χ3n) is 6.75. The van der Waals surface area contributed by atoms with Gasteiger partial charge in [0.15, 0.2) is 0 Å². The number of hydrogen-bond acceptors (Lipinski definition) is 5. The third kappa shape index (κ3) is 7.55. The molecule has 0 fully saturated rings. The molecule has 12 heteroatoms. The van der Waals surface area contributed by atoms with E-state index in [0.29, 0.717) is 31.2 Å². The molecular formula is C30H36F3N5O4. The fourth-order valence-corrected chi connectivity index (χ4v) is 4.85. The standard InChI is InChI=1S/C28H35N5O2.C2HF3O2/c1-5-31(6-2)26(34)18-32-17-22(21-11-7-9-13-24(21)32)27-28(35)33(16-20(29)15-19(3)4)25-14-10-8-12-23(25)30-27;3-2(4,5)1(6)7/h7-14,17,19-20H,5-6,15-16,18,29H2,1-4H3;(H,6,7). The summed E-state index contributed by atoms with van der Waals surface area (Å²) in [4.78, 5) is 42.2. The van der Waals surface area contributed by atoms with Gasteiger partial charge in [-0.05, 0) is 44.4 Å². The molecule has 0 aliphatic rings. The lowest BCUT2D eigenvalue weighted by Gasteiger charge is -2.19. The highest BCUT2D eigenvalue weighted by molar-refractivity contribution is 5.96. The van der Waals surface area contributed by atoms with Gasteiger partial charge in [-0.15, -0.1) is 0 Å². The van der Waals surface area contributed by atoms with E-state index in [1.165, 1.54) is 0 Å². The van der Waals surface area contributed by atoms with Crippen LogP contribution in [0.5, 0.6) is 0 Å². The van der Waals surface area contributed by atoms with Crippen LogP contribution in [0.1, 0.15) is 34.1 Å². The van der Waals surface area contributed by atoms with Crippen molar-refractivity contribution in [3.8, 4) is 11.3 Å².